The molecule has 0 saturated carbocycles. The van der Waals surface area contributed by atoms with Crippen LogP contribution in [0.15, 0.2) is 23.1 Å². The van der Waals surface area contributed by atoms with Crippen molar-refractivity contribution >= 4 is 55.5 Å². The van der Waals surface area contributed by atoms with Crippen molar-refractivity contribution in [3.63, 3.8) is 0 Å². The van der Waals surface area contributed by atoms with Crippen LogP contribution in [0.2, 0.25) is 10.0 Å². The third-order valence-electron chi connectivity index (χ3n) is 3.64. The molecular formula is C15H14Cl2N2O3S2. The van der Waals surface area contributed by atoms with Crippen molar-refractivity contribution in [2.24, 2.45) is 5.41 Å². The standard InChI is InChI=1S/C15H14Cl2N2O3S2/c1-15(2)6-10-13(11(20)7-15)23-14(18-10)19-24(21,22)12-5-8(16)3-4-9(12)17/h3-5H,6-7H2,1-2H3,(H,18,19). The summed E-state index contributed by atoms with van der Waals surface area (Å²) in [5.41, 5.74) is 0.459. The molecule has 1 aromatic heterocycles. The van der Waals surface area contributed by atoms with Crippen molar-refractivity contribution in [3.8, 4) is 0 Å². The van der Waals surface area contributed by atoms with Crippen LogP contribution in [-0.4, -0.2) is 19.2 Å². The van der Waals surface area contributed by atoms with Crippen molar-refractivity contribution in [2.75, 3.05) is 4.72 Å². The van der Waals surface area contributed by atoms with Crippen LogP contribution in [0.1, 0.15) is 35.6 Å². The lowest BCUT2D eigenvalue weighted by molar-refractivity contribution is 0.0916. The van der Waals surface area contributed by atoms with Gasteiger partial charge in [0.1, 0.15) is 4.90 Å². The van der Waals surface area contributed by atoms with Gasteiger partial charge in [0.15, 0.2) is 10.9 Å². The fraction of sp³-hybridized carbons (Fsp3) is 0.333. The second-order valence-electron chi connectivity index (χ2n) is 6.42. The Kier molecular flexibility index (Phi) is 4.40. The number of hydrogen-bond acceptors (Lipinski definition) is 5. The first kappa shape index (κ1) is 17.7. The van der Waals surface area contributed by atoms with E-state index in [1.54, 1.807) is 0 Å². The Bertz CT molecular complexity index is 936. The van der Waals surface area contributed by atoms with Gasteiger partial charge in [0, 0.05) is 11.4 Å². The molecule has 3 rings (SSSR count). The number of ketones is 1. The first-order valence-electron chi connectivity index (χ1n) is 7.08. The predicted octanol–water partition coefficient (Wildman–Crippen LogP) is 4.41. The molecule has 24 heavy (non-hydrogen) atoms. The van der Waals surface area contributed by atoms with Gasteiger partial charge in [-0.3, -0.25) is 9.52 Å². The topological polar surface area (TPSA) is 76.1 Å². The summed E-state index contributed by atoms with van der Waals surface area (Å²) < 4.78 is 27.4. The maximum atomic E-state index is 12.5. The molecule has 0 fully saturated rings. The van der Waals surface area contributed by atoms with Gasteiger partial charge in [0.25, 0.3) is 10.0 Å². The molecular weight excluding hydrogens is 391 g/mol. The zero-order valence-corrected chi connectivity index (χ0v) is 16.0. The van der Waals surface area contributed by atoms with Gasteiger partial charge < -0.3 is 0 Å². The minimum Gasteiger partial charge on any atom is -0.293 e. The van der Waals surface area contributed by atoms with Crippen LogP contribution in [0, 0.1) is 5.41 Å². The SMILES string of the molecule is CC1(C)CC(=O)c2sc(NS(=O)(=O)c3cc(Cl)ccc3Cl)nc2C1. The monoisotopic (exact) mass is 404 g/mol. The second-order valence-corrected chi connectivity index (χ2v) is 9.91. The highest BCUT2D eigenvalue weighted by Gasteiger charge is 2.34. The molecule has 5 nitrogen and oxygen atoms in total. The minimum absolute atomic E-state index is 0.00927. The molecule has 1 aliphatic rings. The molecule has 0 amide bonds. The number of fused-ring (bicyclic) bond motifs is 1. The van der Waals surface area contributed by atoms with Crippen LogP contribution >= 0.6 is 34.5 Å². The highest BCUT2D eigenvalue weighted by Crippen LogP contribution is 2.39. The Labute approximate surface area is 154 Å². The molecule has 1 aromatic carbocycles. The minimum atomic E-state index is -3.94. The Morgan fingerprint density at radius 3 is 2.67 bits per heavy atom. The summed E-state index contributed by atoms with van der Waals surface area (Å²) >= 11 is 12.9. The average molecular weight is 405 g/mol. The Balaban J connectivity index is 1.95. The number of sulfonamides is 1. The third kappa shape index (κ3) is 3.44. The fourth-order valence-corrected chi connectivity index (χ4v) is 5.53. The number of thiazole rings is 1. The second kappa shape index (κ2) is 5.98. The highest BCUT2D eigenvalue weighted by molar-refractivity contribution is 7.93. The van der Waals surface area contributed by atoms with Crippen molar-refractivity contribution in [2.45, 2.75) is 31.6 Å². The van der Waals surface area contributed by atoms with E-state index in [9.17, 15) is 13.2 Å². The van der Waals surface area contributed by atoms with E-state index in [0.717, 1.165) is 11.3 Å². The summed E-state index contributed by atoms with van der Waals surface area (Å²) in [7, 11) is -3.94. The fourth-order valence-electron chi connectivity index (χ4n) is 2.62. The number of nitrogens with one attached hydrogen (secondary N) is 1. The Hall–Kier alpha value is -1.15. The average Bonchev–Trinajstić information content (AvgIpc) is 2.81. The lowest BCUT2D eigenvalue weighted by Crippen LogP contribution is -2.26. The van der Waals surface area contributed by atoms with Gasteiger partial charge >= 0.3 is 0 Å². The third-order valence-corrected chi connectivity index (χ3v) is 6.88. The lowest BCUT2D eigenvalue weighted by atomic mass is 9.78. The van der Waals surface area contributed by atoms with E-state index in [1.807, 2.05) is 13.8 Å². The molecule has 2 aromatic rings. The number of hydrogen-bond donors (Lipinski definition) is 1. The van der Waals surface area contributed by atoms with Crippen LogP contribution in [0.3, 0.4) is 0 Å². The van der Waals surface area contributed by atoms with Crippen LogP contribution in [0.4, 0.5) is 5.13 Å². The maximum absolute atomic E-state index is 12.5. The van der Waals surface area contributed by atoms with Crippen molar-refractivity contribution in [1.29, 1.82) is 0 Å². The van der Waals surface area contributed by atoms with E-state index >= 15 is 0 Å². The molecule has 0 saturated heterocycles. The number of rotatable bonds is 3. The predicted molar refractivity (Wildman–Crippen MR) is 95.8 cm³/mol. The van der Waals surface area contributed by atoms with Crippen molar-refractivity contribution < 1.29 is 13.2 Å². The molecule has 128 valence electrons. The molecule has 0 bridgehead atoms. The summed E-state index contributed by atoms with van der Waals surface area (Å²) in [6.07, 6.45) is 1.05. The summed E-state index contributed by atoms with van der Waals surface area (Å²) in [4.78, 5) is 16.9. The number of aromatic nitrogens is 1. The van der Waals surface area contributed by atoms with E-state index in [4.69, 9.17) is 23.2 Å². The van der Waals surface area contributed by atoms with Crippen LogP contribution < -0.4 is 4.72 Å². The van der Waals surface area contributed by atoms with E-state index in [2.05, 4.69) is 9.71 Å². The number of halogens is 2. The summed E-state index contributed by atoms with van der Waals surface area (Å²) in [6.45, 7) is 3.98. The number of carbonyl (C=O) groups excluding carboxylic acids is 1. The van der Waals surface area contributed by atoms with Gasteiger partial charge in [0.05, 0.1) is 15.6 Å². The molecule has 1 heterocycles. The Morgan fingerprint density at radius 2 is 1.96 bits per heavy atom. The zero-order valence-electron chi connectivity index (χ0n) is 12.9. The number of Topliss-reactive ketones (excluding diaryl/α,β-unsaturated/α-hetero) is 1. The summed E-state index contributed by atoms with van der Waals surface area (Å²) in [5, 5.41) is 0.475. The zero-order chi connectivity index (χ0) is 17.7. The van der Waals surface area contributed by atoms with E-state index in [0.29, 0.717) is 23.4 Å². The van der Waals surface area contributed by atoms with Crippen LogP contribution in [0.25, 0.3) is 0 Å². The molecule has 9 heteroatoms. The largest absolute Gasteiger partial charge is 0.293 e. The summed E-state index contributed by atoms with van der Waals surface area (Å²) in [5.74, 6) is -0.00927. The van der Waals surface area contributed by atoms with Gasteiger partial charge in [-0.15, -0.1) is 0 Å². The van der Waals surface area contributed by atoms with Gasteiger partial charge in [0.2, 0.25) is 0 Å². The first-order valence-corrected chi connectivity index (χ1v) is 10.1. The number of anilines is 1. The molecule has 0 aliphatic heterocycles. The van der Waals surface area contributed by atoms with Crippen LogP contribution in [0.5, 0.6) is 0 Å². The van der Waals surface area contributed by atoms with Gasteiger partial charge in [-0.2, -0.15) is 0 Å². The maximum Gasteiger partial charge on any atom is 0.265 e. The van der Waals surface area contributed by atoms with E-state index in [-0.39, 0.29) is 31.3 Å². The van der Waals surface area contributed by atoms with Crippen LogP contribution in [-0.2, 0) is 16.4 Å². The molecule has 1 N–H and O–H groups in total. The van der Waals surface area contributed by atoms with Gasteiger partial charge in [-0.05, 0) is 30.0 Å². The number of carbonyl (C=O) groups is 1. The quantitative estimate of drug-likeness (QED) is 0.821. The molecule has 1 aliphatic carbocycles. The van der Waals surface area contributed by atoms with Crippen molar-refractivity contribution in [1.82, 2.24) is 4.98 Å². The normalized spacial score (nSPS) is 16.8. The lowest BCUT2D eigenvalue weighted by Gasteiger charge is -2.26. The number of nitrogens with zero attached hydrogens (tertiary/aromatic N) is 1. The first-order chi connectivity index (χ1) is 11.1. The highest BCUT2D eigenvalue weighted by atomic mass is 35.5. The number of benzene rings is 1. The van der Waals surface area contributed by atoms with Gasteiger partial charge in [-0.1, -0.05) is 48.4 Å². The molecule has 0 radical (unpaired) electrons. The van der Waals surface area contributed by atoms with E-state index in [1.165, 1.54) is 18.2 Å². The van der Waals surface area contributed by atoms with E-state index < -0.39 is 10.0 Å². The Morgan fingerprint density at radius 1 is 1.25 bits per heavy atom. The molecule has 0 spiro atoms. The summed E-state index contributed by atoms with van der Waals surface area (Å²) in [6, 6.07) is 4.19. The smallest absolute Gasteiger partial charge is 0.265 e. The molecule has 0 atom stereocenters. The van der Waals surface area contributed by atoms with Crippen molar-refractivity contribution in [3.05, 3.63) is 38.8 Å². The van der Waals surface area contributed by atoms with Gasteiger partial charge in [-0.25, -0.2) is 13.4 Å². The molecule has 0 unspecified atom stereocenters.